The van der Waals surface area contributed by atoms with Crippen molar-refractivity contribution >= 4 is 33.3 Å². The number of fused-ring (bicyclic) bond motifs is 1. The normalized spacial score (nSPS) is 11.1. The SMILES string of the molecule is COc1nn(C)cc1C(=O)Nc1cc(C)nn1-c1nc2ccc(C)cc2s1. The van der Waals surface area contributed by atoms with E-state index in [0.29, 0.717) is 16.5 Å². The van der Waals surface area contributed by atoms with E-state index in [1.54, 1.807) is 24.0 Å². The smallest absolute Gasteiger partial charge is 0.263 e. The standard InChI is InChI=1S/C18H18N6O2S/c1-10-5-6-13-14(7-10)27-18(19-13)24-15(8-11(2)21-24)20-16(25)12-9-23(3)22-17(12)26-4/h5-9H,1-4H3,(H,20,25). The van der Waals surface area contributed by atoms with Gasteiger partial charge in [-0.15, -0.1) is 5.10 Å². The van der Waals surface area contributed by atoms with E-state index < -0.39 is 0 Å². The summed E-state index contributed by atoms with van der Waals surface area (Å²) >= 11 is 1.52. The Balaban J connectivity index is 1.71. The van der Waals surface area contributed by atoms with Crippen LogP contribution in [0.3, 0.4) is 0 Å². The number of methoxy groups -OCH3 is 1. The van der Waals surface area contributed by atoms with Crippen molar-refractivity contribution in [2.75, 3.05) is 12.4 Å². The number of carbonyl (C=O) groups excluding carboxylic acids is 1. The van der Waals surface area contributed by atoms with Gasteiger partial charge >= 0.3 is 0 Å². The zero-order chi connectivity index (χ0) is 19.1. The molecule has 0 bridgehead atoms. The van der Waals surface area contributed by atoms with Crippen LogP contribution in [0.15, 0.2) is 30.5 Å². The highest BCUT2D eigenvalue weighted by Crippen LogP contribution is 2.28. The average Bonchev–Trinajstić information content (AvgIpc) is 3.30. The number of nitrogens with zero attached hydrogens (tertiary/aromatic N) is 5. The molecule has 0 saturated carbocycles. The van der Waals surface area contributed by atoms with E-state index in [9.17, 15) is 4.79 Å². The Morgan fingerprint density at radius 3 is 2.81 bits per heavy atom. The van der Waals surface area contributed by atoms with Gasteiger partial charge in [0.1, 0.15) is 11.4 Å². The second-order valence-electron chi connectivity index (χ2n) is 6.23. The van der Waals surface area contributed by atoms with Crippen LogP contribution in [0.2, 0.25) is 0 Å². The number of benzene rings is 1. The number of thiazole rings is 1. The molecule has 0 aliphatic heterocycles. The maximum Gasteiger partial charge on any atom is 0.263 e. The fourth-order valence-electron chi connectivity index (χ4n) is 2.80. The minimum Gasteiger partial charge on any atom is -0.479 e. The van der Waals surface area contributed by atoms with Crippen LogP contribution in [0.5, 0.6) is 5.88 Å². The summed E-state index contributed by atoms with van der Waals surface area (Å²) in [6.45, 7) is 3.91. The van der Waals surface area contributed by atoms with Crippen LogP contribution in [0, 0.1) is 13.8 Å². The summed E-state index contributed by atoms with van der Waals surface area (Å²) in [6, 6.07) is 7.90. The Kier molecular flexibility index (Phi) is 4.15. The molecule has 8 nitrogen and oxygen atoms in total. The molecule has 0 atom stereocenters. The molecule has 3 heterocycles. The first-order chi connectivity index (χ1) is 12.9. The molecule has 0 aliphatic carbocycles. The van der Waals surface area contributed by atoms with Crippen LogP contribution in [0.25, 0.3) is 15.3 Å². The third-order valence-electron chi connectivity index (χ3n) is 4.02. The van der Waals surface area contributed by atoms with Crippen LogP contribution in [0.4, 0.5) is 5.82 Å². The summed E-state index contributed by atoms with van der Waals surface area (Å²) in [5.74, 6) is 0.491. The molecule has 3 aromatic heterocycles. The molecule has 1 amide bonds. The molecule has 1 N–H and O–H groups in total. The number of aromatic nitrogens is 5. The van der Waals surface area contributed by atoms with Crippen LogP contribution in [0.1, 0.15) is 21.6 Å². The van der Waals surface area contributed by atoms with Crippen molar-refractivity contribution in [3.05, 3.63) is 47.3 Å². The molecule has 27 heavy (non-hydrogen) atoms. The predicted molar refractivity (Wildman–Crippen MR) is 104 cm³/mol. The lowest BCUT2D eigenvalue weighted by molar-refractivity contribution is 0.102. The fraction of sp³-hybridized carbons (Fsp3) is 0.222. The number of hydrogen-bond donors (Lipinski definition) is 1. The van der Waals surface area contributed by atoms with Crippen LogP contribution in [-0.4, -0.2) is 37.6 Å². The first kappa shape index (κ1) is 17.2. The Bertz CT molecular complexity index is 1160. The average molecular weight is 382 g/mol. The quantitative estimate of drug-likeness (QED) is 0.586. The van der Waals surface area contributed by atoms with Crippen molar-refractivity contribution < 1.29 is 9.53 Å². The number of aryl methyl sites for hydroxylation is 3. The van der Waals surface area contributed by atoms with Crippen molar-refractivity contribution in [2.45, 2.75) is 13.8 Å². The molecule has 138 valence electrons. The predicted octanol–water partition coefficient (Wildman–Crippen LogP) is 3.09. The third-order valence-corrected chi connectivity index (χ3v) is 5.01. The van der Waals surface area contributed by atoms with Gasteiger partial charge in [0.15, 0.2) is 0 Å². The molecule has 4 rings (SSSR count). The summed E-state index contributed by atoms with van der Waals surface area (Å²) in [5, 5.41) is 12.2. The summed E-state index contributed by atoms with van der Waals surface area (Å²) < 4.78 is 9.43. The highest BCUT2D eigenvalue weighted by atomic mass is 32.1. The van der Waals surface area contributed by atoms with E-state index in [2.05, 4.69) is 26.6 Å². The Morgan fingerprint density at radius 2 is 2.04 bits per heavy atom. The lowest BCUT2D eigenvalue weighted by atomic mass is 10.2. The molecule has 0 saturated heterocycles. The second kappa shape index (κ2) is 6.51. The highest BCUT2D eigenvalue weighted by Gasteiger charge is 2.20. The summed E-state index contributed by atoms with van der Waals surface area (Å²) in [4.78, 5) is 17.4. The zero-order valence-electron chi connectivity index (χ0n) is 15.3. The van der Waals surface area contributed by atoms with Gasteiger partial charge in [0.2, 0.25) is 11.0 Å². The molecular weight excluding hydrogens is 364 g/mol. The van der Waals surface area contributed by atoms with Crippen molar-refractivity contribution in [3.63, 3.8) is 0 Å². The minimum atomic E-state index is -0.321. The van der Waals surface area contributed by atoms with Gasteiger partial charge < -0.3 is 10.1 Å². The van der Waals surface area contributed by atoms with Crippen molar-refractivity contribution in [1.82, 2.24) is 24.5 Å². The lowest BCUT2D eigenvalue weighted by Gasteiger charge is -2.06. The monoisotopic (exact) mass is 382 g/mol. The number of ether oxygens (including phenoxy) is 1. The first-order valence-electron chi connectivity index (χ1n) is 8.28. The second-order valence-corrected chi connectivity index (χ2v) is 7.24. The topological polar surface area (TPSA) is 86.9 Å². The van der Waals surface area contributed by atoms with Gasteiger partial charge in [-0.25, -0.2) is 4.98 Å². The first-order valence-corrected chi connectivity index (χ1v) is 9.09. The van der Waals surface area contributed by atoms with E-state index in [4.69, 9.17) is 4.74 Å². The van der Waals surface area contributed by atoms with E-state index in [0.717, 1.165) is 15.9 Å². The number of nitrogens with one attached hydrogen (secondary N) is 1. The van der Waals surface area contributed by atoms with Gasteiger partial charge in [0.25, 0.3) is 5.91 Å². The van der Waals surface area contributed by atoms with Gasteiger partial charge in [-0.1, -0.05) is 17.4 Å². The van der Waals surface area contributed by atoms with Crippen LogP contribution in [-0.2, 0) is 7.05 Å². The number of anilines is 1. The molecular formula is C18H18N6O2S. The van der Waals surface area contributed by atoms with Gasteiger partial charge in [-0.05, 0) is 31.5 Å². The number of hydrogen-bond acceptors (Lipinski definition) is 6. The van der Waals surface area contributed by atoms with Gasteiger partial charge in [0, 0.05) is 19.3 Å². The number of rotatable bonds is 4. The van der Waals surface area contributed by atoms with E-state index in [1.807, 2.05) is 26.0 Å². The third kappa shape index (κ3) is 3.17. The molecule has 0 radical (unpaired) electrons. The summed E-state index contributed by atoms with van der Waals surface area (Å²) in [6.07, 6.45) is 1.61. The Morgan fingerprint density at radius 1 is 1.22 bits per heavy atom. The minimum absolute atomic E-state index is 0.272. The maximum atomic E-state index is 12.7. The fourth-order valence-corrected chi connectivity index (χ4v) is 3.83. The molecule has 9 heteroatoms. The van der Waals surface area contributed by atoms with Crippen LogP contribution < -0.4 is 10.1 Å². The molecule has 0 aliphatic rings. The zero-order valence-corrected chi connectivity index (χ0v) is 16.2. The molecule has 0 unspecified atom stereocenters. The lowest BCUT2D eigenvalue weighted by Crippen LogP contribution is -2.15. The Labute approximate surface area is 159 Å². The van der Waals surface area contributed by atoms with Crippen molar-refractivity contribution in [3.8, 4) is 11.0 Å². The van der Waals surface area contributed by atoms with Gasteiger partial charge in [-0.3, -0.25) is 9.48 Å². The van der Waals surface area contributed by atoms with E-state index in [-0.39, 0.29) is 11.8 Å². The number of amides is 1. The molecule has 0 fully saturated rings. The Hall–Kier alpha value is -3.20. The maximum absolute atomic E-state index is 12.7. The van der Waals surface area contributed by atoms with Crippen LogP contribution >= 0.6 is 11.3 Å². The molecule has 1 aromatic carbocycles. The summed E-state index contributed by atoms with van der Waals surface area (Å²) in [5.41, 5.74) is 3.20. The summed E-state index contributed by atoms with van der Waals surface area (Å²) in [7, 11) is 3.22. The van der Waals surface area contributed by atoms with Crippen molar-refractivity contribution in [1.29, 1.82) is 0 Å². The molecule has 0 spiro atoms. The van der Waals surface area contributed by atoms with Crippen molar-refractivity contribution in [2.24, 2.45) is 7.05 Å². The van der Waals surface area contributed by atoms with E-state index in [1.165, 1.54) is 28.7 Å². The highest BCUT2D eigenvalue weighted by molar-refractivity contribution is 7.20. The van der Waals surface area contributed by atoms with E-state index >= 15 is 0 Å². The largest absolute Gasteiger partial charge is 0.479 e. The number of carbonyl (C=O) groups is 1. The van der Waals surface area contributed by atoms with Gasteiger partial charge in [-0.2, -0.15) is 9.78 Å². The molecule has 4 aromatic rings. The van der Waals surface area contributed by atoms with Gasteiger partial charge in [0.05, 0.1) is 23.0 Å².